The number of H-pyrrole nitrogens is 1. The third kappa shape index (κ3) is 3.54. The third-order valence-electron chi connectivity index (χ3n) is 6.50. The van der Waals surface area contributed by atoms with E-state index in [2.05, 4.69) is 20.2 Å². The Morgan fingerprint density at radius 1 is 1.12 bits per heavy atom. The molecule has 0 radical (unpaired) electrons. The number of nitrogens with zero attached hydrogens (tertiary/aromatic N) is 2. The van der Waals surface area contributed by atoms with Crippen LogP contribution in [0.5, 0.6) is 0 Å². The van der Waals surface area contributed by atoms with E-state index < -0.39 is 0 Å². The molecular weight excluding hydrogens is 419 g/mol. The third-order valence-corrected chi connectivity index (χ3v) is 6.50. The van der Waals surface area contributed by atoms with Gasteiger partial charge in [0.1, 0.15) is 17.2 Å². The topological polar surface area (TPSA) is 74.2 Å². The molecule has 3 aromatic heterocycles. The molecule has 7 heteroatoms. The lowest BCUT2D eigenvalue weighted by molar-refractivity contribution is 0.568. The Bertz CT molecular complexity index is 1540. The first-order valence-corrected chi connectivity index (χ1v) is 11.2. The summed E-state index contributed by atoms with van der Waals surface area (Å²) in [5.41, 5.74) is 1.99. The minimum Gasteiger partial charge on any atom is -0.422 e. The van der Waals surface area contributed by atoms with Crippen LogP contribution in [0.2, 0.25) is 0 Å². The molecule has 1 aliphatic rings. The molecule has 0 bridgehead atoms. The van der Waals surface area contributed by atoms with Gasteiger partial charge in [0, 0.05) is 48.3 Å². The molecule has 5 aromatic rings. The number of halogens is 1. The summed E-state index contributed by atoms with van der Waals surface area (Å²) in [5.74, 6) is 0.590. The standard InChI is InChI=1S/C26H23FN4O2/c27-17-8-7-16-9-10-29-25(21(16)12-17)31-11-3-4-19(31)15-28-14-18-13-22-24(30-18)20-5-1-2-6-23(20)33-26(22)32/h1-2,5-10,12-13,19,28,30H,3-4,11,14-15H2. The van der Waals surface area contributed by atoms with Gasteiger partial charge >= 0.3 is 5.63 Å². The molecule has 4 heterocycles. The first kappa shape index (κ1) is 19.9. The summed E-state index contributed by atoms with van der Waals surface area (Å²) < 4.78 is 19.4. The highest BCUT2D eigenvalue weighted by molar-refractivity contribution is 6.02. The Balaban J connectivity index is 1.22. The zero-order valence-electron chi connectivity index (χ0n) is 18.0. The number of para-hydroxylation sites is 1. The minimum atomic E-state index is -0.331. The predicted molar refractivity (Wildman–Crippen MR) is 128 cm³/mol. The van der Waals surface area contributed by atoms with E-state index in [9.17, 15) is 9.18 Å². The Kier molecular flexibility index (Phi) is 4.84. The fourth-order valence-electron chi connectivity index (χ4n) is 4.95. The number of rotatable bonds is 5. The van der Waals surface area contributed by atoms with Gasteiger partial charge < -0.3 is 19.6 Å². The van der Waals surface area contributed by atoms with Crippen LogP contribution in [0, 0.1) is 5.82 Å². The van der Waals surface area contributed by atoms with Crippen molar-refractivity contribution in [2.24, 2.45) is 0 Å². The fourth-order valence-corrected chi connectivity index (χ4v) is 4.95. The molecule has 0 spiro atoms. The van der Waals surface area contributed by atoms with E-state index in [0.29, 0.717) is 17.5 Å². The Morgan fingerprint density at radius 2 is 2.03 bits per heavy atom. The van der Waals surface area contributed by atoms with Gasteiger partial charge in [-0.2, -0.15) is 0 Å². The number of aromatic amines is 1. The van der Waals surface area contributed by atoms with Crippen LogP contribution in [0.25, 0.3) is 32.6 Å². The normalized spacial score (nSPS) is 16.4. The monoisotopic (exact) mass is 442 g/mol. The largest absolute Gasteiger partial charge is 0.422 e. The summed E-state index contributed by atoms with van der Waals surface area (Å²) in [6, 6.07) is 16.4. The highest BCUT2D eigenvalue weighted by Crippen LogP contribution is 2.30. The van der Waals surface area contributed by atoms with Gasteiger partial charge in [0.05, 0.1) is 10.9 Å². The van der Waals surface area contributed by atoms with Crippen molar-refractivity contribution in [2.75, 3.05) is 18.0 Å². The lowest BCUT2D eigenvalue weighted by Crippen LogP contribution is -2.38. The van der Waals surface area contributed by atoms with Crippen LogP contribution in [-0.2, 0) is 6.54 Å². The fraction of sp³-hybridized carbons (Fsp3) is 0.231. The number of hydrogen-bond donors (Lipinski definition) is 2. The van der Waals surface area contributed by atoms with Gasteiger partial charge in [-0.1, -0.05) is 18.2 Å². The highest BCUT2D eigenvalue weighted by atomic mass is 19.1. The van der Waals surface area contributed by atoms with E-state index in [4.69, 9.17) is 4.42 Å². The molecule has 0 saturated carbocycles. The number of nitrogens with one attached hydrogen (secondary N) is 2. The first-order valence-electron chi connectivity index (χ1n) is 11.2. The maximum atomic E-state index is 13.9. The molecule has 1 atom stereocenters. The van der Waals surface area contributed by atoms with Crippen molar-refractivity contribution >= 4 is 38.5 Å². The lowest BCUT2D eigenvalue weighted by Gasteiger charge is -2.27. The number of fused-ring (bicyclic) bond motifs is 4. The predicted octanol–water partition coefficient (Wildman–Crippen LogP) is 4.72. The van der Waals surface area contributed by atoms with Gasteiger partial charge in [0.2, 0.25) is 0 Å². The van der Waals surface area contributed by atoms with Crippen LogP contribution < -0.4 is 15.8 Å². The zero-order chi connectivity index (χ0) is 22.4. The number of pyridine rings is 1. The van der Waals surface area contributed by atoms with Crippen molar-refractivity contribution in [3.63, 3.8) is 0 Å². The molecule has 2 aromatic carbocycles. The van der Waals surface area contributed by atoms with Crippen molar-refractivity contribution in [3.05, 3.63) is 82.7 Å². The van der Waals surface area contributed by atoms with Crippen LogP contribution in [0.15, 0.2) is 70.0 Å². The summed E-state index contributed by atoms with van der Waals surface area (Å²) >= 11 is 0. The summed E-state index contributed by atoms with van der Waals surface area (Å²) in [5, 5.41) is 6.82. The number of hydrogen-bond acceptors (Lipinski definition) is 5. The Labute approximate surface area is 189 Å². The van der Waals surface area contributed by atoms with Gasteiger partial charge in [-0.3, -0.25) is 0 Å². The molecule has 6 rings (SSSR count). The Morgan fingerprint density at radius 3 is 2.97 bits per heavy atom. The van der Waals surface area contributed by atoms with Gasteiger partial charge in [0.15, 0.2) is 0 Å². The molecule has 1 unspecified atom stereocenters. The van der Waals surface area contributed by atoms with Gasteiger partial charge in [0.25, 0.3) is 0 Å². The molecule has 33 heavy (non-hydrogen) atoms. The van der Waals surface area contributed by atoms with Gasteiger partial charge in [-0.15, -0.1) is 0 Å². The second kappa shape index (κ2) is 8.01. The quantitative estimate of drug-likeness (QED) is 0.385. The first-order chi connectivity index (χ1) is 16.2. The summed E-state index contributed by atoms with van der Waals surface area (Å²) in [7, 11) is 0. The number of aromatic nitrogens is 2. The van der Waals surface area contributed by atoms with E-state index in [-0.39, 0.29) is 17.5 Å². The van der Waals surface area contributed by atoms with E-state index in [1.165, 1.54) is 6.07 Å². The second-order valence-corrected chi connectivity index (χ2v) is 8.59. The van der Waals surface area contributed by atoms with Crippen LogP contribution in [0.3, 0.4) is 0 Å². The van der Waals surface area contributed by atoms with E-state index in [1.807, 2.05) is 30.3 Å². The molecule has 1 aliphatic heterocycles. The van der Waals surface area contributed by atoms with E-state index in [1.54, 1.807) is 24.4 Å². The highest BCUT2D eigenvalue weighted by Gasteiger charge is 2.26. The van der Waals surface area contributed by atoms with Crippen molar-refractivity contribution in [2.45, 2.75) is 25.4 Å². The van der Waals surface area contributed by atoms with Crippen LogP contribution in [-0.4, -0.2) is 29.1 Å². The maximum absolute atomic E-state index is 13.9. The smallest absolute Gasteiger partial charge is 0.345 e. The zero-order valence-corrected chi connectivity index (χ0v) is 18.0. The van der Waals surface area contributed by atoms with E-state index in [0.717, 1.165) is 59.1 Å². The summed E-state index contributed by atoms with van der Waals surface area (Å²) in [6.45, 7) is 2.26. The van der Waals surface area contributed by atoms with Crippen molar-refractivity contribution in [3.8, 4) is 0 Å². The molecule has 6 nitrogen and oxygen atoms in total. The average molecular weight is 442 g/mol. The van der Waals surface area contributed by atoms with E-state index >= 15 is 0 Å². The SMILES string of the molecule is O=c1oc2ccccc2c2[nH]c(CNCC3CCCN3c3nccc4ccc(F)cc34)cc12. The van der Waals surface area contributed by atoms with Gasteiger partial charge in [-0.05, 0) is 54.6 Å². The average Bonchev–Trinajstić information content (AvgIpc) is 3.47. The van der Waals surface area contributed by atoms with Crippen molar-refractivity contribution < 1.29 is 8.81 Å². The molecular formula is C26H23FN4O2. The number of benzene rings is 2. The summed E-state index contributed by atoms with van der Waals surface area (Å²) in [6.07, 6.45) is 3.90. The van der Waals surface area contributed by atoms with Crippen LogP contribution in [0.1, 0.15) is 18.5 Å². The second-order valence-electron chi connectivity index (χ2n) is 8.59. The molecule has 0 amide bonds. The van der Waals surface area contributed by atoms with Crippen LogP contribution in [0.4, 0.5) is 10.2 Å². The molecule has 1 fully saturated rings. The van der Waals surface area contributed by atoms with Crippen molar-refractivity contribution in [1.29, 1.82) is 0 Å². The molecule has 2 N–H and O–H groups in total. The van der Waals surface area contributed by atoms with Crippen LogP contribution >= 0.6 is 0 Å². The molecule has 1 saturated heterocycles. The molecule has 0 aliphatic carbocycles. The lowest BCUT2D eigenvalue weighted by atomic mass is 10.1. The Hall–Kier alpha value is -3.71. The van der Waals surface area contributed by atoms with Crippen molar-refractivity contribution in [1.82, 2.24) is 15.3 Å². The molecule has 166 valence electrons. The minimum absolute atomic E-state index is 0.249. The maximum Gasteiger partial charge on any atom is 0.345 e. The number of anilines is 1. The summed E-state index contributed by atoms with van der Waals surface area (Å²) in [4.78, 5) is 22.6. The van der Waals surface area contributed by atoms with Gasteiger partial charge in [-0.25, -0.2) is 14.2 Å².